The van der Waals surface area contributed by atoms with Crippen LogP contribution in [0.2, 0.25) is 0 Å². The quantitative estimate of drug-likeness (QED) is 0.749. The zero-order valence-corrected chi connectivity index (χ0v) is 13.8. The Morgan fingerprint density at radius 1 is 1.29 bits per heavy atom. The summed E-state index contributed by atoms with van der Waals surface area (Å²) in [6, 6.07) is 5.52. The van der Waals surface area contributed by atoms with E-state index in [1.54, 1.807) is 24.1 Å². The Balaban J connectivity index is 2.82. The van der Waals surface area contributed by atoms with E-state index in [-0.39, 0.29) is 10.8 Å². The highest BCUT2D eigenvalue weighted by molar-refractivity contribution is 7.98. The van der Waals surface area contributed by atoms with Crippen molar-refractivity contribution < 1.29 is 13.5 Å². The van der Waals surface area contributed by atoms with E-state index in [9.17, 15) is 8.78 Å². The molecule has 0 saturated heterocycles. The number of benzene rings is 1. The van der Waals surface area contributed by atoms with E-state index >= 15 is 0 Å². The van der Waals surface area contributed by atoms with Crippen LogP contribution < -0.4 is 15.2 Å². The normalized spacial score (nSPS) is 13.5. The van der Waals surface area contributed by atoms with Crippen LogP contribution >= 0.6 is 11.9 Å². The average molecular weight is 318 g/mol. The van der Waals surface area contributed by atoms with Crippen molar-refractivity contribution in [2.75, 3.05) is 6.61 Å². The number of hydrogen-bond acceptors (Lipinski definition) is 4. The minimum Gasteiger partial charge on any atom is -0.488 e. The lowest BCUT2D eigenvalue weighted by Gasteiger charge is -2.22. The molecule has 0 radical (unpaired) electrons. The minimum absolute atomic E-state index is 0.0645. The van der Waals surface area contributed by atoms with E-state index in [0.717, 1.165) is 11.1 Å². The zero-order valence-electron chi connectivity index (χ0n) is 13.0. The molecule has 0 bridgehead atoms. The fourth-order valence-electron chi connectivity index (χ4n) is 1.63. The largest absolute Gasteiger partial charge is 0.488 e. The van der Waals surface area contributed by atoms with Crippen LogP contribution in [-0.2, 0) is 6.54 Å². The van der Waals surface area contributed by atoms with E-state index in [4.69, 9.17) is 10.5 Å². The van der Waals surface area contributed by atoms with Crippen LogP contribution in [0.3, 0.4) is 0 Å². The number of alkyl halides is 2. The summed E-state index contributed by atoms with van der Waals surface area (Å²) in [5.74, 6) is 0.433. The molecule has 0 aromatic heterocycles. The molecule has 3 nitrogen and oxygen atoms in total. The maximum absolute atomic E-state index is 12.2. The van der Waals surface area contributed by atoms with Crippen LogP contribution in [-0.4, -0.2) is 17.8 Å². The Bertz CT molecular complexity index is 450. The van der Waals surface area contributed by atoms with E-state index in [2.05, 4.69) is 25.5 Å². The van der Waals surface area contributed by atoms with Gasteiger partial charge in [0.15, 0.2) is 0 Å². The van der Waals surface area contributed by atoms with Gasteiger partial charge in [0, 0.05) is 17.3 Å². The van der Waals surface area contributed by atoms with E-state index in [1.807, 2.05) is 13.0 Å². The summed E-state index contributed by atoms with van der Waals surface area (Å²) < 4.78 is 33.0. The smallest absolute Gasteiger partial charge is 0.272 e. The maximum Gasteiger partial charge on any atom is 0.272 e. The van der Waals surface area contributed by atoms with Gasteiger partial charge in [0.25, 0.3) is 6.43 Å². The lowest BCUT2D eigenvalue weighted by Crippen LogP contribution is -2.20. The molecule has 0 spiro atoms. The van der Waals surface area contributed by atoms with Crippen LogP contribution in [0.5, 0.6) is 5.75 Å². The van der Waals surface area contributed by atoms with Gasteiger partial charge >= 0.3 is 0 Å². The second-order valence-corrected chi connectivity index (χ2v) is 7.54. The number of nitrogens with one attached hydrogen (secondary N) is 1. The number of ether oxygens (including phenoxy) is 1. The van der Waals surface area contributed by atoms with Crippen LogP contribution in [0.1, 0.15) is 44.9 Å². The Morgan fingerprint density at radius 2 is 1.95 bits per heavy atom. The molecule has 0 aliphatic heterocycles. The molecule has 1 aromatic rings. The van der Waals surface area contributed by atoms with Crippen molar-refractivity contribution in [2.24, 2.45) is 5.73 Å². The molecule has 0 aliphatic carbocycles. The Kier molecular flexibility index (Phi) is 6.90. The Labute approximate surface area is 129 Å². The molecule has 0 fully saturated rings. The number of halogens is 2. The predicted octanol–water partition coefficient (Wildman–Crippen LogP) is 3.89. The molecule has 1 aromatic carbocycles. The first-order valence-corrected chi connectivity index (χ1v) is 7.71. The Morgan fingerprint density at radius 3 is 2.48 bits per heavy atom. The summed E-state index contributed by atoms with van der Waals surface area (Å²) in [6.45, 7) is 8.11. The van der Waals surface area contributed by atoms with Gasteiger partial charge in [0.1, 0.15) is 12.4 Å². The van der Waals surface area contributed by atoms with Gasteiger partial charge in [-0.25, -0.2) is 8.78 Å². The number of nitrogens with two attached hydrogens (primary N) is 1. The maximum atomic E-state index is 12.2. The van der Waals surface area contributed by atoms with Crippen molar-refractivity contribution in [2.45, 2.75) is 51.5 Å². The van der Waals surface area contributed by atoms with E-state index < -0.39 is 13.0 Å². The lowest BCUT2D eigenvalue weighted by atomic mass is 10.1. The first-order chi connectivity index (χ1) is 9.71. The lowest BCUT2D eigenvalue weighted by molar-refractivity contribution is 0.0818. The van der Waals surface area contributed by atoms with Gasteiger partial charge in [-0.15, -0.1) is 0 Å². The third-order valence-electron chi connectivity index (χ3n) is 2.64. The molecule has 0 heterocycles. The van der Waals surface area contributed by atoms with Crippen LogP contribution in [0.15, 0.2) is 18.2 Å². The summed E-state index contributed by atoms with van der Waals surface area (Å²) in [5.41, 5.74) is 7.50. The average Bonchev–Trinajstić information content (AvgIpc) is 2.41. The summed E-state index contributed by atoms with van der Waals surface area (Å²) in [7, 11) is 0. The summed E-state index contributed by atoms with van der Waals surface area (Å²) >= 11 is 1.63. The molecule has 0 aliphatic rings. The van der Waals surface area contributed by atoms with Crippen molar-refractivity contribution in [3.05, 3.63) is 29.3 Å². The second kappa shape index (κ2) is 7.96. The minimum atomic E-state index is -2.48. The SMILES string of the molecule is CC(NSC(C)(C)C)c1cc(CN)cc(OCC(F)F)c1. The predicted molar refractivity (Wildman–Crippen MR) is 84.7 cm³/mol. The van der Waals surface area contributed by atoms with Gasteiger partial charge in [0.2, 0.25) is 0 Å². The number of hydrogen-bond donors (Lipinski definition) is 2. The van der Waals surface area contributed by atoms with Crippen molar-refractivity contribution in [1.29, 1.82) is 0 Å². The molecule has 1 atom stereocenters. The van der Waals surface area contributed by atoms with Gasteiger partial charge in [-0.1, -0.05) is 18.0 Å². The standard InChI is InChI=1S/C15H24F2N2OS/c1-10(19-21-15(2,3)4)12-5-11(8-18)6-13(7-12)20-9-14(16)17/h5-7,10,14,19H,8-9,18H2,1-4H3. The van der Waals surface area contributed by atoms with Gasteiger partial charge in [-0.2, -0.15) is 0 Å². The highest BCUT2D eigenvalue weighted by atomic mass is 32.2. The van der Waals surface area contributed by atoms with Crippen LogP contribution in [0.25, 0.3) is 0 Å². The van der Waals surface area contributed by atoms with Gasteiger partial charge in [-0.05, 0) is 51.0 Å². The first-order valence-electron chi connectivity index (χ1n) is 6.89. The Hall–Kier alpha value is -0.850. The van der Waals surface area contributed by atoms with Gasteiger partial charge in [0.05, 0.1) is 0 Å². The molecular weight excluding hydrogens is 294 g/mol. The highest BCUT2D eigenvalue weighted by Crippen LogP contribution is 2.27. The van der Waals surface area contributed by atoms with Crippen LogP contribution in [0.4, 0.5) is 8.78 Å². The third-order valence-corrected chi connectivity index (χ3v) is 3.73. The van der Waals surface area contributed by atoms with E-state index in [1.165, 1.54) is 0 Å². The van der Waals surface area contributed by atoms with Gasteiger partial charge in [-0.3, -0.25) is 4.72 Å². The molecule has 3 N–H and O–H groups in total. The van der Waals surface area contributed by atoms with Crippen molar-refractivity contribution in [3.8, 4) is 5.75 Å². The zero-order chi connectivity index (χ0) is 16.0. The van der Waals surface area contributed by atoms with E-state index in [0.29, 0.717) is 12.3 Å². The molecule has 0 saturated carbocycles. The monoisotopic (exact) mass is 318 g/mol. The summed E-state index contributed by atoms with van der Waals surface area (Å²) in [4.78, 5) is 0. The molecular formula is C15H24F2N2OS. The fourth-order valence-corrected chi connectivity index (χ4v) is 2.30. The van der Waals surface area contributed by atoms with Crippen LogP contribution in [0, 0.1) is 0 Å². The highest BCUT2D eigenvalue weighted by Gasteiger charge is 2.15. The molecule has 120 valence electrons. The third kappa shape index (κ3) is 7.11. The first kappa shape index (κ1) is 18.2. The molecule has 1 unspecified atom stereocenters. The second-order valence-electron chi connectivity index (χ2n) is 5.87. The number of rotatable bonds is 7. The topological polar surface area (TPSA) is 47.3 Å². The summed E-state index contributed by atoms with van der Waals surface area (Å²) in [6.07, 6.45) is -2.48. The fraction of sp³-hybridized carbons (Fsp3) is 0.600. The van der Waals surface area contributed by atoms with Crippen molar-refractivity contribution >= 4 is 11.9 Å². The van der Waals surface area contributed by atoms with Gasteiger partial charge < -0.3 is 10.5 Å². The molecule has 6 heteroatoms. The molecule has 21 heavy (non-hydrogen) atoms. The molecule has 1 rings (SSSR count). The summed E-state index contributed by atoms with van der Waals surface area (Å²) in [5, 5.41) is 0. The van der Waals surface area contributed by atoms with Crippen molar-refractivity contribution in [3.63, 3.8) is 0 Å². The van der Waals surface area contributed by atoms with Crippen molar-refractivity contribution in [1.82, 2.24) is 4.72 Å². The molecule has 0 amide bonds.